The standard InChI is InChI=1S/C16H24ClN/c1-15(2,3)18-12-16(9-6-10-16)11-13-7-4-5-8-14(13)17/h4-5,7-8,18H,6,9-12H2,1-3H3. The molecule has 0 amide bonds. The number of nitrogens with one attached hydrogen (secondary N) is 1. The summed E-state index contributed by atoms with van der Waals surface area (Å²) >= 11 is 6.28. The molecule has 1 N–H and O–H groups in total. The largest absolute Gasteiger partial charge is 0.312 e. The van der Waals surface area contributed by atoms with Gasteiger partial charge < -0.3 is 5.32 Å². The van der Waals surface area contributed by atoms with Gasteiger partial charge >= 0.3 is 0 Å². The van der Waals surface area contributed by atoms with Gasteiger partial charge in [-0.3, -0.25) is 0 Å². The third-order valence-electron chi connectivity index (χ3n) is 3.93. The Morgan fingerprint density at radius 1 is 1.22 bits per heavy atom. The Hall–Kier alpha value is -0.530. The predicted octanol–water partition coefficient (Wildman–Crippen LogP) is 4.44. The van der Waals surface area contributed by atoms with Crippen LogP contribution in [0.2, 0.25) is 5.02 Å². The van der Waals surface area contributed by atoms with Crippen molar-refractivity contribution in [3.8, 4) is 0 Å². The van der Waals surface area contributed by atoms with Gasteiger partial charge in [-0.05, 0) is 57.1 Å². The zero-order valence-electron chi connectivity index (χ0n) is 11.7. The molecule has 0 bridgehead atoms. The molecule has 0 aromatic heterocycles. The first-order chi connectivity index (χ1) is 8.40. The van der Waals surface area contributed by atoms with E-state index in [0.29, 0.717) is 5.41 Å². The molecule has 18 heavy (non-hydrogen) atoms. The van der Waals surface area contributed by atoms with Crippen molar-refractivity contribution in [1.82, 2.24) is 5.32 Å². The lowest BCUT2D eigenvalue weighted by atomic mass is 9.65. The van der Waals surface area contributed by atoms with Crippen LogP contribution in [-0.2, 0) is 6.42 Å². The van der Waals surface area contributed by atoms with E-state index in [2.05, 4.69) is 38.2 Å². The van der Waals surface area contributed by atoms with Gasteiger partial charge in [-0.2, -0.15) is 0 Å². The Morgan fingerprint density at radius 2 is 1.89 bits per heavy atom. The number of benzene rings is 1. The average Bonchev–Trinajstić information content (AvgIpc) is 2.23. The summed E-state index contributed by atoms with van der Waals surface area (Å²) in [5.74, 6) is 0. The summed E-state index contributed by atoms with van der Waals surface area (Å²) < 4.78 is 0. The molecule has 0 unspecified atom stereocenters. The second-order valence-corrected chi connectivity index (χ2v) is 7.13. The highest BCUT2D eigenvalue weighted by Gasteiger charge is 2.37. The van der Waals surface area contributed by atoms with Gasteiger partial charge in [0.25, 0.3) is 0 Å². The molecule has 1 aliphatic carbocycles. The average molecular weight is 266 g/mol. The normalized spacial score (nSPS) is 18.4. The minimum atomic E-state index is 0.197. The van der Waals surface area contributed by atoms with Gasteiger partial charge in [0.15, 0.2) is 0 Å². The Bertz CT molecular complexity index is 402. The molecule has 1 nitrogen and oxygen atoms in total. The van der Waals surface area contributed by atoms with E-state index in [-0.39, 0.29) is 5.54 Å². The molecule has 100 valence electrons. The Labute approximate surface area is 116 Å². The summed E-state index contributed by atoms with van der Waals surface area (Å²) in [5.41, 5.74) is 1.93. The topological polar surface area (TPSA) is 12.0 Å². The Morgan fingerprint density at radius 3 is 2.39 bits per heavy atom. The minimum absolute atomic E-state index is 0.197. The summed E-state index contributed by atoms with van der Waals surface area (Å²) in [6.07, 6.45) is 5.11. The van der Waals surface area contributed by atoms with E-state index in [0.717, 1.165) is 18.0 Å². The maximum atomic E-state index is 6.28. The quantitative estimate of drug-likeness (QED) is 0.849. The van der Waals surface area contributed by atoms with Crippen LogP contribution in [-0.4, -0.2) is 12.1 Å². The van der Waals surface area contributed by atoms with Crippen molar-refractivity contribution < 1.29 is 0 Å². The first-order valence-corrected chi connectivity index (χ1v) is 7.27. The summed E-state index contributed by atoms with van der Waals surface area (Å²) in [5, 5.41) is 4.58. The summed E-state index contributed by atoms with van der Waals surface area (Å²) in [6, 6.07) is 8.26. The van der Waals surface area contributed by atoms with Crippen LogP contribution in [0, 0.1) is 5.41 Å². The van der Waals surface area contributed by atoms with Crippen molar-refractivity contribution in [3.05, 3.63) is 34.9 Å². The van der Waals surface area contributed by atoms with Crippen molar-refractivity contribution in [2.75, 3.05) is 6.54 Å². The van der Waals surface area contributed by atoms with Crippen LogP contribution in [0.1, 0.15) is 45.6 Å². The fourth-order valence-corrected chi connectivity index (χ4v) is 2.79. The predicted molar refractivity (Wildman–Crippen MR) is 79.2 cm³/mol. The molecule has 0 radical (unpaired) electrons. The van der Waals surface area contributed by atoms with Crippen molar-refractivity contribution in [2.24, 2.45) is 5.41 Å². The van der Waals surface area contributed by atoms with Gasteiger partial charge in [-0.15, -0.1) is 0 Å². The van der Waals surface area contributed by atoms with E-state index in [4.69, 9.17) is 11.6 Å². The number of hydrogen-bond acceptors (Lipinski definition) is 1. The highest BCUT2D eigenvalue weighted by atomic mass is 35.5. The van der Waals surface area contributed by atoms with Crippen molar-refractivity contribution in [3.63, 3.8) is 0 Å². The maximum absolute atomic E-state index is 6.28. The molecule has 1 aromatic carbocycles. The molecule has 1 aromatic rings. The molecule has 0 heterocycles. The zero-order valence-corrected chi connectivity index (χ0v) is 12.5. The smallest absolute Gasteiger partial charge is 0.0438 e. The Balaban J connectivity index is 2.03. The van der Waals surface area contributed by atoms with Gasteiger partial charge in [-0.1, -0.05) is 36.2 Å². The van der Waals surface area contributed by atoms with Crippen LogP contribution < -0.4 is 5.32 Å². The molecule has 0 spiro atoms. The van der Waals surface area contributed by atoms with E-state index >= 15 is 0 Å². The highest BCUT2D eigenvalue weighted by molar-refractivity contribution is 6.31. The lowest BCUT2D eigenvalue weighted by Crippen LogP contribution is -2.48. The van der Waals surface area contributed by atoms with E-state index in [9.17, 15) is 0 Å². The van der Waals surface area contributed by atoms with E-state index in [1.54, 1.807) is 0 Å². The third-order valence-corrected chi connectivity index (χ3v) is 4.30. The van der Waals surface area contributed by atoms with Gasteiger partial charge in [-0.25, -0.2) is 0 Å². The fourth-order valence-electron chi connectivity index (χ4n) is 2.59. The molecule has 1 fully saturated rings. The molecule has 1 saturated carbocycles. The van der Waals surface area contributed by atoms with Crippen LogP contribution in [0.25, 0.3) is 0 Å². The van der Waals surface area contributed by atoms with Crippen LogP contribution in [0.4, 0.5) is 0 Å². The van der Waals surface area contributed by atoms with Crippen molar-refractivity contribution in [1.29, 1.82) is 0 Å². The summed E-state index contributed by atoms with van der Waals surface area (Å²) in [7, 11) is 0. The SMILES string of the molecule is CC(C)(C)NCC1(Cc2ccccc2Cl)CCC1. The van der Waals surface area contributed by atoms with E-state index in [1.807, 2.05) is 12.1 Å². The lowest BCUT2D eigenvalue weighted by molar-refractivity contribution is 0.118. The van der Waals surface area contributed by atoms with Crippen LogP contribution in [0.5, 0.6) is 0 Å². The molecule has 2 heteroatoms. The van der Waals surface area contributed by atoms with Gasteiger partial charge in [0, 0.05) is 17.1 Å². The summed E-state index contributed by atoms with van der Waals surface area (Å²) in [6.45, 7) is 7.79. The van der Waals surface area contributed by atoms with Crippen molar-refractivity contribution in [2.45, 2.75) is 52.0 Å². The van der Waals surface area contributed by atoms with Crippen LogP contribution in [0.15, 0.2) is 24.3 Å². The highest BCUT2D eigenvalue weighted by Crippen LogP contribution is 2.44. The fraction of sp³-hybridized carbons (Fsp3) is 0.625. The number of hydrogen-bond donors (Lipinski definition) is 1. The zero-order chi connectivity index (χ0) is 13.2. The van der Waals surface area contributed by atoms with E-state index in [1.165, 1.54) is 24.8 Å². The van der Waals surface area contributed by atoms with Crippen LogP contribution in [0.3, 0.4) is 0 Å². The number of halogens is 1. The Kier molecular flexibility index (Phi) is 4.03. The molecule has 0 aliphatic heterocycles. The second-order valence-electron chi connectivity index (χ2n) is 6.73. The maximum Gasteiger partial charge on any atom is 0.0438 e. The second kappa shape index (κ2) is 5.22. The molecular formula is C16H24ClN. The van der Waals surface area contributed by atoms with Crippen molar-refractivity contribution >= 4 is 11.6 Å². The number of rotatable bonds is 4. The molecule has 2 rings (SSSR count). The van der Waals surface area contributed by atoms with Gasteiger partial charge in [0.1, 0.15) is 0 Å². The van der Waals surface area contributed by atoms with Gasteiger partial charge in [0.05, 0.1) is 0 Å². The molecule has 0 saturated heterocycles. The third kappa shape index (κ3) is 3.49. The first-order valence-electron chi connectivity index (χ1n) is 6.89. The van der Waals surface area contributed by atoms with Crippen LogP contribution >= 0.6 is 11.6 Å². The summed E-state index contributed by atoms with van der Waals surface area (Å²) in [4.78, 5) is 0. The molecule has 1 aliphatic rings. The molecular weight excluding hydrogens is 242 g/mol. The molecule has 0 atom stereocenters. The minimum Gasteiger partial charge on any atom is -0.312 e. The van der Waals surface area contributed by atoms with E-state index < -0.39 is 0 Å². The first kappa shape index (κ1) is 13.9. The van der Waals surface area contributed by atoms with Gasteiger partial charge in [0.2, 0.25) is 0 Å². The monoisotopic (exact) mass is 265 g/mol. The lowest BCUT2D eigenvalue weighted by Gasteiger charge is -2.44.